The Hall–Kier alpha value is -2.32. The average molecular weight is 337 g/mol. The maximum Gasteiger partial charge on any atom is 0.279 e. The Balaban J connectivity index is 1.89. The summed E-state index contributed by atoms with van der Waals surface area (Å²) in [6.45, 7) is 1.43. The summed E-state index contributed by atoms with van der Waals surface area (Å²) in [5.74, 6) is -0.994. The number of anilines is 1. The van der Waals surface area contributed by atoms with Crippen molar-refractivity contribution in [1.29, 1.82) is 0 Å². The minimum absolute atomic E-state index is 0.0433. The van der Waals surface area contributed by atoms with Crippen LogP contribution in [0.2, 0.25) is 0 Å². The number of thiophene rings is 1. The lowest BCUT2D eigenvalue weighted by Gasteiger charge is -2.11. The number of hydrazine groups is 1. The van der Waals surface area contributed by atoms with Gasteiger partial charge in [0.1, 0.15) is 5.82 Å². The average Bonchev–Trinajstić information content (AvgIpc) is 2.97. The van der Waals surface area contributed by atoms with Crippen LogP contribution in [0, 0.1) is 5.82 Å². The molecule has 114 valence electrons. The summed E-state index contributed by atoms with van der Waals surface area (Å²) in [4.78, 5) is 23.9. The van der Waals surface area contributed by atoms with Gasteiger partial charge < -0.3 is 5.32 Å². The number of thiocarbonyl (C=S) groups is 1. The van der Waals surface area contributed by atoms with Gasteiger partial charge in [0.05, 0.1) is 15.4 Å². The number of amides is 1. The molecule has 0 aliphatic carbocycles. The molecule has 0 saturated carbocycles. The predicted molar refractivity (Wildman–Crippen MR) is 87.5 cm³/mol. The van der Waals surface area contributed by atoms with Crippen LogP contribution in [0.4, 0.5) is 10.1 Å². The van der Waals surface area contributed by atoms with Gasteiger partial charge in [0.2, 0.25) is 0 Å². The number of halogens is 1. The van der Waals surface area contributed by atoms with E-state index in [-0.39, 0.29) is 16.6 Å². The van der Waals surface area contributed by atoms with Crippen LogP contribution >= 0.6 is 23.6 Å². The molecule has 5 nitrogen and oxygen atoms in total. The zero-order valence-corrected chi connectivity index (χ0v) is 13.1. The van der Waals surface area contributed by atoms with Crippen LogP contribution < -0.4 is 16.2 Å². The Labute approximate surface area is 135 Å². The van der Waals surface area contributed by atoms with Crippen molar-refractivity contribution in [2.75, 3.05) is 5.32 Å². The van der Waals surface area contributed by atoms with Crippen molar-refractivity contribution in [2.45, 2.75) is 6.92 Å². The number of carbonyl (C=O) groups is 2. The van der Waals surface area contributed by atoms with Crippen molar-refractivity contribution >= 4 is 46.0 Å². The van der Waals surface area contributed by atoms with Crippen molar-refractivity contribution in [3.05, 3.63) is 52.0 Å². The molecule has 0 atom stereocenters. The molecule has 8 heteroatoms. The number of para-hydroxylation sites is 1. The number of hydrogen-bond acceptors (Lipinski definition) is 4. The monoisotopic (exact) mass is 337 g/mol. The fourth-order valence-corrected chi connectivity index (χ4v) is 2.50. The fourth-order valence-electron chi connectivity index (χ4n) is 1.54. The third-order valence-electron chi connectivity index (χ3n) is 2.59. The summed E-state index contributed by atoms with van der Waals surface area (Å²) in [7, 11) is 0. The molecule has 3 N–H and O–H groups in total. The van der Waals surface area contributed by atoms with E-state index in [0.717, 1.165) is 11.3 Å². The van der Waals surface area contributed by atoms with Crippen LogP contribution in [0.5, 0.6) is 0 Å². The standard InChI is InChI=1S/C14H12FN3O2S2/c1-8(19)11-6-7-12(22-11)13(20)17-18-14(21)16-10-5-3-2-4-9(10)15/h2-7H,1H3,(H,17,20)(H2,16,18,21). The SMILES string of the molecule is CC(=O)c1ccc(C(=O)NNC(=S)Nc2ccccc2F)s1. The third kappa shape index (κ3) is 4.09. The Morgan fingerprint density at radius 1 is 1.09 bits per heavy atom. The molecule has 22 heavy (non-hydrogen) atoms. The van der Waals surface area contributed by atoms with E-state index in [4.69, 9.17) is 12.2 Å². The van der Waals surface area contributed by atoms with Crippen LogP contribution in [0.1, 0.15) is 26.3 Å². The van der Waals surface area contributed by atoms with Crippen molar-refractivity contribution in [2.24, 2.45) is 0 Å². The second-order valence-electron chi connectivity index (χ2n) is 4.23. The second kappa shape index (κ2) is 7.10. The first-order valence-corrected chi connectivity index (χ1v) is 7.42. The highest BCUT2D eigenvalue weighted by atomic mass is 32.1. The van der Waals surface area contributed by atoms with E-state index >= 15 is 0 Å². The lowest BCUT2D eigenvalue weighted by Crippen LogP contribution is -2.43. The molecule has 1 aromatic carbocycles. The molecular weight excluding hydrogens is 325 g/mol. The zero-order valence-electron chi connectivity index (χ0n) is 11.5. The number of carbonyl (C=O) groups excluding carboxylic acids is 2. The smallest absolute Gasteiger partial charge is 0.279 e. The van der Waals surface area contributed by atoms with Gasteiger partial charge in [-0.3, -0.25) is 20.4 Å². The topological polar surface area (TPSA) is 70.2 Å². The predicted octanol–water partition coefficient (Wildman–Crippen LogP) is 2.72. The lowest BCUT2D eigenvalue weighted by atomic mass is 10.3. The molecule has 1 amide bonds. The first-order valence-electron chi connectivity index (χ1n) is 6.20. The van der Waals surface area contributed by atoms with Crippen molar-refractivity contribution in [3.8, 4) is 0 Å². The molecule has 0 radical (unpaired) electrons. The van der Waals surface area contributed by atoms with E-state index in [2.05, 4.69) is 16.2 Å². The van der Waals surface area contributed by atoms with Crippen molar-refractivity contribution in [1.82, 2.24) is 10.9 Å². The van der Waals surface area contributed by atoms with Gasteiger partial charge in [-0.2, -0.15) is 0 Å². The highest BCUT2D eigenvalue weighted by molar-refractivity contribution is 7.80. The molecule has 2 aromatic rings. The van der Waals surface area contributed by atoms with Gasteiger partial charge in [-0.15, -0.1) is 11.3 Å². The Morgan fingerprint density at radius 3 is 2.41 bits per heavy atom. The largest absolute Gasteiger partial charge is 0.329 e. The summed E-state index contributed by atoms with van der Waals surface area (Å²) in [5.41, 5.74) is 5.04. The number of hydrogen-bond donors (Lipinski definition) is 3. The van der Waals surface area contributed by atoms with E-state index in [1.165, 1.54) is 19.1 Å². The van der Waals surface area contributed by atoms with E-state index in [1.54, 1.807) is 24.3 Å². The first-order chi connectivity index (χ1) is 10.5. The second-order valence-corrected chi connectivity index (χ2v) is 5.73. The first kappa shape index (κ1) is 16.1. The van der Waals surface area contributed by atoms with Crippen molar-refractivity contribution < 1.29 is 14.0 Å². The summed E-state index contributed by atoms with van der Waals surface area (Å²) in [5, 5.41) is 2.66. The number of Topliss-reactive ketones (excluding diaryl/α,β-unsaturated/α-hetero) is 1. The molecule has 0 unspecified atom stereocenters. The van der Waals surface area contributed by atoms with Crippen molar-refractivity contribution in [3.63, 3.8) is 0 Å². The Kier molecular flexibility index (Phi) is 5.18. The van der Waals surface area contributed by atoms with Gasteiger partial charge in [0.25, 0.3) is 5.91 Å². The van der Waals surface area contributed by atoms with Gasteiger partial charge in [0, 0.05) is 0 Å². The van der Waals surface area contributed by atoms with Gasteiger partial charge in [-0.25, -0.2) is 4.39 Å². The number of benzene rings is 1. The fraction of sp³-hybridized carbons (Fsp3) is 0.0714. The molecule has 0 fully saturated rings. The maximum absolute atomic E-state index is 13.4. The molecular formula is C14H12FN3O2S2. The van der Waals surface area contributed by atoms with Crippen LogP contribution in [0.3, 0.4) is 0 Å². The summed E-state index contributed by atoms with van der Waals surface area (Å²) < 4.78 is 13.4. The quantitative estimate of drug-likeness (QED) is 0.456. The summed E-state index contributed by atoms with van der Waals surface area (Å²) >= 11 is 6.04. The van der Waals surface area contributed by atoms with E-state index in [1.807, 2.05) is 0 Å². The summed E-state index contributed by atoms with van der Waals surface area (Å²) in [6, 6.07) is 9.15. The Bertz CT molecular complexity index is 730. The van der Waals surface area contributed by atoms with Crippen LogP contribution in [0.25, 0.3) is 0 Å². The minimum atomic E-state index is -0.456. The normalized spacial score (nSPS) is 9.91. The molecule has 1 aromatic heterocycles. The molecule has 0 bridgehead atoms. The van der Waals surface area contributed by atoms with E-state index < -0.39 is 11.7 Å². The lowest BCUT2D eigenvalue weighted by molar-refractivity contribution is 0.0947. The summed E-state index contributed by atoms with van der Waals surface area (Å²) in [6.07, 6.45) is 0. The number of nitrogens with one attached hydrogen (secondary N) is 3. The molecule has 0 aliphatic heterocycles. The zero-order chi connectivity index (χ0) is 16.1. The van der Waals surface area contributed by atoms with E-state index in [9.17, 15) is 14.0 Å². The molecule has 2 rings (SSSR count). The Morgan fingerprint density at radius 2 is 1.77 bits per heavy atom. The molecule has 0 aliphatic rings. The van der Waals surface area contributed by atoms with Crippen LogP contribution in [0.15, 0.2) is 36.4 Å². The molecule has 0 saturated heterocycles. The van der Waals surface area contributed by atoms with Gasteiger partial charge >= 0.3 is 0 Å². The minimum Gasteiger partial charge on any atom is -0.329 e. The molecule has 0 spiro atoms. The van der Waals surface area contributed by atoms with Gasteiger partial charge in [0.15, 0.2) is 10.9 Å². The van der Waals surface area contributed by atoms with Crippen LogP contribution in [-0.2, 0) is 0 Å². The van der Waals surface area contributed by atoms with Crippen LogP contribution in [-0.4, -0.2) is 16.8 Å². The third-order valence-corrected chi connectivity index (χ3v) is 3.98. The maximum atomic E-state index is 13.4. The number of ketones is 1. The van der Waals surface area contributed by atoms with Gasteiger partial charge in [-0.05, 0) is 43.4 Å². The van der Waals surface area contributed by atoms with E-state index in [0.29, 0.717) is 9.75 Å². The highest BCUT2D eigenvalue weighted by Gasteiger charge is 2.11. The number of rotatable bonds is 3. The van der Waals surface area contributed by atoms with Gasteiger partial charge in [-0.1, -0.05) is 12.1 Å². The molecule has 1 heterocycles. The highest BCUT2D eigenvalue weighted by Crippen LogP contribution is 2.16.